The SMILES string of the molecule is C=C(C(=O)[O-])[C@H](C)OO.[Na+]. The van der Waals surface area contributed by atoms with Gasteiger partial charge in [0.05, 0.1) is 5.97 Å². The minimum absolute atomic E-state index is 0. The summed E-state index contributed by atoms with van der Waals surface area (Å²) in [6.45, 7) is 4.42. The second-order valence-electron chi connectivity index (χ2n) is 1.56. The van der Waals surface area contributed by atoms with Gasteiger partial charge in [-0.25, -0.2) is 4.89 Å². The third kappa shape index (κ3) is 4.03. The van der Waals surface area contributed by atoms with Crippen LogP contribution in [0.5, 0.6) is 0 Å². The molecule has 0 bridgehead atoms. The van der Waals surface area contributed by atoms with Crippen LogP contribution in [0.2, 0.25) is 0 Å². The zero-order valence-electron chi connectivity index (χ0n) is 5.96. The molecular formula is C5H7NaO4. The van der Waals surface area contributed by atoms with Gasteiger partial charge in [0, 0.05) is 0 Å². The van der Waals surface area contributed by atoms with E-state index in [0.717, 1.165) is 0 Å². The van der Waals surface area contributed by atoms with Crippen LogP contribution in [-0.2, 0) is 9.68 Å². The van der Waals surface area contributed by atoms with Gasteiger partial charge in [0.1, 0.15) is 6.10 Å². The molecule has 0 unspecified atom stereocenters. The molecule has 0 aliphatic rings. The van der Waals surface area contributed by atoms with E-state index in [0.29, 0.717) is 0 Å². The van der Waals surface area contributed by atoms with Gasteiger partial charge >= 0.3 is 29.6 Å². The normalized spacial score (nSPS) is 11.4. The van der Waals surface area contributed by atoms with Gasteiger partial charge in [0.2, 0.25) is 0 Å². The molecule has 52 valence electrons. The second-order valence-corrected chi connectivity index (χ2v) is 1.56. The Morgan fingerprint density at radius 3 is 2.30 bits per heavy atom. The molecule has 0 aromatic carbocycles. The second kappa shape index (κ2) is 5.88. The largest absolute Gasteiger partial charge is 1.00 e. The predicted octanol–water partition coefficient (Wildman–Crippen LogP) is -3.83. The van der Waals surface area contributed by atoms with Crippen LogP contribution in [0.4, 0.5) is 0 Å². The van der Waals surface area contributed by atoms with Gasteiger partial charge in [-0.2, -0.15) is 0 Å². The first kappa shape index (κ1) is 12.8. The van der Waals surface area contributed by atoms with Crippen LogP contribution in [-0.4, -0.2) is 17.3 Å². The van der Waals surface area contributed by atoms with Crippen molar-refractivity contribution in [1.82, 2.24) is 0 Å². The third-order valence-corrected chi connectivity index (χ3v) is 0.911. The van der Waals surface area contributed by atoms with E-state index in [1.54, 1.807) is 0 Å². The van der Waals surface area contributed by atoms with Crippen molar-refractivity contribution in [1.29, 1.82) is 0 Å². The summed E-state index contributed by atoms with van der Waals surface area (Å²) in [5.41, 5.74) is -0.280. The average Bonchev–Trinajstić information content (AvgIpc) is 1.84. The van der Waals surface area contributed by atoms with Crippen LogP contribution < -0.4 is 34.7 Å². The number of hydrogen-bond acceptors (Lipinski definition) is 4. The number of carbonyl (C=O) groups excluding carboxylic acids is 1. The molecular weight excluding hydrogens is 147 g/mol. The maximum Gasteiger partial charge on any atom is 1.00 e. The molecule has 0 aliphatic carbocycles. The van der Waals surface area contributed by atoms with Gasteiger partial charge in [-0.1, -0.05) is 6.58 Å². The molecule has 1 atom stereocenters. The van der Waals surface area contributed by atoms with E-state index in [2.05, 4.69) is 11.5 Å². The van der Waals surface area contributed by atoms with Gasteiger partial charge in [-0.3, -0.25) is 5.26 Å². The molecule has 4 nitrogen and oxygen atoms in total. The maximum absolute atomic E-state index is 9.90. The molecule has 0 saturated heterocycles. The van der Waals surface area contributed by atoms with Crippen molar-refractivity contribution in [3.05, 3.63) is 12.2 Å². The molecule has 0 amide bonds. The topological polar surface area (TPSA) is 69.6 Å². The number of carbonyl (C=O) groups is 1. The minimum atomic E-state index is -1.42. The zero-order chi connectivity index (χ0) is 7.44. The molecule has 5 heteroatoms. The molecule has 0 aromatic heterocycles. The van der Waals surface area contributed by atoms with E-state index in [-0.39, 0.29) is 35.1 Å². The first-order valence-electron chi connectivity index (χ1n) is 2.30. The zero-order valence-corrected chi connectivity index (χ0v) is 7.96. The first-order chi connectivity index (χ1) is 4.09. The Morgan fingerprint density at radius 2 is 2.20 bits per heavy atom. The maximum atomic E-state index is 9.90. The monoisotopic (exact) mass is 154 g/mol. The van der Waals surface area contributed by atoms with E-state index < -0.39 is 12.1 Å². The molecule has 0 aromatic rings. The van der Waals surface area contributed by atoms with E-state index in [9.17, 15) is 9.90 Å². The van der Waals surface area contributed by atoms with E-state index in [1.807, 2.05) is 0 Å². The number of carboxylic acid groups (broad SMARTS) is 1. The standard InChI is InChI=1S/C5H8O4.Na/c1-3(5(6)7)4(2)9-8;/h4,8H,1H2,2H3,(H,6,7);/q;+1/p-1/t4-;/m0./s1. The Bertz CT molecular complexity index is 134. The van der Waals surface area contributed by atoms with Crippen LogP contribution in [0, 0.1) is 0 Å². The fourth-order valence-corrected chi connectivity index (χ4v) is 0.230. The Hall–Kier alpha value is 0.130. The molecule has 0 spiro atoms. The summed E-state index contributed by atoms with van der Waals surface area (Å²) < 4.78 is 0. The van der Waals surface area contributed by atoms with Gasteiger partial charge in [0.25, 0.3) is 0 Å². The number of carboxylic acids is 1. The number of aliphatic carboxylic acids is 1. The first-order valence-corrected chi connectivity index (χ1v) is 2.30. The third-order valence-electron chi connectivity index (χ3n) is 0.911. The molecule has 0 saturated carbocycles. The average molecular weight is 154 g/mol. The molecule has 0 fully saturated rings. The predicted molar refractivity (Wildman–Crippen MR) is 27.3 cm³/mol. The van der Waals surface area contributed by atoms with E-state index in [1.165, 1.54) is 6.92 Å². The van der Waals surface area contributed by atoms with Crippen molar-refractivity contribution in [2.45, 2.75) is 13.0 Å². The summed E-state index contributed by atoms with van der Waals surface area (Å²) >= 11 is 0. The molecule has 10 heavy (non-hydrogen) atoms. The van der Waals surface area contributed by atoms with Crippen LogP contribution in [0.1, 0.15) is 6.92 Å². The summed E-state index contributed by atoms with van der Waals surface area (Å²) in [6.07, 6.45) is -0.907. The fourth-order valence-electron chi connectivity index (χ4n) is 0.230. The number of rotatable bonds is 3. The van der Waals surface area contributed by atoms with Crippen LogP contribution in [0.25, 0.3) is 0 Å². The molecule has 0 heterocycles. The molecule has 0 aliphatic heterocycles. The molecule has 0 radical (unpaired) electrons. The van der Waals surface area contributed by atoms with Gasteiger partial charge in [-0.05, 0) is 12.5 Å². The van der Waals surface area contributed by atoms with Crippen molar-refractivity contribution >= 4 is 5.97 Å². The summed E-state index contributed by atoms with van der Waals surface area (Å²) in [4.78, 5) is 13.6. The van der Waals surface area contributed by atoms with Crippen LogP contribution >= 0.6 is 0 Å². The summed E-state index contributed by atoms with van der Waals surface area (Å²) in [7, 11) is 0. The van der Waals surface area contributed by atoms with Crippen molar-refractivity contribution in [2.24, 2.45) is 0 Å². The quantitative estimate of drug-likeness (QED) is 0.196. The summed E-state index contributed by atoms with van der Waals surface area (Å²) in [6, 6.07) is 0. The Morgan fingerprint density at radius 1 is 1.80 bits per heavy atom. The minimum Gasteiger partial charge on any atom is -0.545 e. The van der Waals surface area contributed by atoms with Gasteiger partial charge < -0.3 is 9.90 Å². The molecule has 1 N–H and O–H groups in total. The summed E-state index contributed by atoms with van der Waals surface area (Å²) in [5.74, 6) is -1.42. The Balaban J connectivity index is 0. The van der Waals surface area contributed by atoms with Crippen molar-refractivity contribution in [2.75, 3.05) is 0 Å². The number of hydrogen-bond donors (Lipinski definition) is 1. The van der Waals surface area contributed by atoms with Gasteiger partial charge in [0.15, 0.2) is 0 Å². The van der Waals surface area contributed by atoms with E-state index >= 15 is 0 Å². The Kier molecular flexibility index (Phi) is 7.51. The smallest absolute Gasteiger partial charge is 0.545 e. The van der Waals surface area contributed by atoms with Crippen molar-refractivity contribution in [3.63, 3.8) is 0 Å². The van der Waals surface area contributed by atoms with Crippen LogP contribution in [0.3, 0.4) is 0 Å². The van der Waals surface area contributed by atoms with Crippen molar-refractivity contribution in [3.8, 4) is 0 Å². The summed E-state index contributed by atoms with van der Waals surface area (Å²) in [5, 5.41) is 17.8. The van der Waals surface area contributed by atoms with Crippen molar-refractivity contribution < 1.29 is 49.6 Å². The van der Waals surface area contributed by atoms with Gasteiger partial charge in [-0.15, -0.1) is 0 Å². The molecule has 0 rings (SSSR count). The van der Waals surface area contributed by atoms with E-state index in [4.69, 9.17) is 5.26 Å². The Labute approximate surface area is 80.7 Å². The van der Waals surface area contributed by atoms with Crippen LogP contribution in [0.15, 0.2) is 12.2 Å². The fraction of sp³-hybridized carbons (Fsp3) is 0.400.